The predicted molar refractivity (Wildman–Crippen MR) is 133 cm³/mol. The van der Waals surface area contributed by atoms with Crippen molar-refractivity contribution < 1.29 is 14.3 Å². The van der Waals surface area contributed by atoms with Crippen LogP contribution in [0, 0.1) is 27.7 Å². The van der Waals surface area contributed by atoms with Crippen molar-refractivity contribution in [2.45, 2.75) is 27.7 Å². The molecule has 0 spiro atoms. The Morgan fingerprint density at radius 3 is 2.24 bits per heavy atom. The van der Waals surface area contributed by atoms with Gasteiger partial charge in [0.1, 0.15) is 11.4 Å². The summed E-state index contributed by atoms with van der Waals surface area (Å²) < 4.78 is 5.47. The van der Waals surface area contributed by atoms with Gasteiger partial charge < -0.3 is 10.1 Å². The summed E-state index contributed by atoms with van der Waals surface area (Å²) in [4.78, 5) is 28.7. The van der Waals surface area contributed by atoms with Gasteiger partial charge in [-0.2, -0.15) is 0 Å². The molecule has 0 bridgehead atoms. The standard InChI is InChI=1S/C27H25ClN2O3/c1-15-6-11-23(33-5)22(12-15)30-26(31)24(19-9-7-16(2)18(4)13-19)25(27(30)32)29-21-14-20(28)10-8-17(21)3/h6-14,29H,1-5H3. The maximum Gasteiger partial charge on any atom is 0.282 e. The van der Waals surface area contributed by atoms with Crippen molar-refractivity contribution in [3.8, 4) is 5.75 Å². The van der Waals surface area contributed by atoms with Crippen LogP contribution in [0.5, 0.6) is 5.75 Å². The maximum absolute atomic E-state index is 13.8. The number of carbonyl (C=O) groups is 2. The zero-order valence-electron chi connectivity index (χ0n) is 19.2. The van der Waals surface area contributed by atoms with E-state index in [1.807, 2.05) is 58.0 Å². The van der Waals surface area contributed by atoms with E-state index in [1.54, 1.807) is 24.3 Å². The molecule has 1 heterocycles. The van der Waals surface area contributed by atoms with E-state index in [2.05, 4.69) is 5.32 Å². The minimum Gasteiger partial charge on any atom is -0.495 e. The number of methoxy groups -OCH3 is 1. The molecule has 1 aliphatic rings. The summed E-state index contributed by atoms with van der Waals surface area (Å²) in [5.41, 5.74) is 6.21. The molecular formula is C27H25ClN2O3. The fraction of sp³-hybridized carbons (Fsp3) is 0.185. The number of rotatable bonds is 5. The summed E-state index contributed by atoms with van der Waals surface area (Å²) >= 11 is 6.21. The molecule has 4 rings (SSSR count). The number of ether oxygens (including phenoxy) is 1. The number of benzene rings is 3. The molecule has 0 fully saturated rings. The molecule has 1 N–H and O–H groups in total. The van der Waals surface area contributed by atoms with Crippen LogP contribution in [-0.4, -0.2) is 18.9 Å². The fourth-order valence-corrected chi connectivity index (χ4v) is 4.04. The lowest BCUT2D eigenvalue weighted by atomic mass is 9.99. The zero-order valence-corrected chi connectivity index (χ0v) is 20.0. The van der Waals surface area contributed by atoms with Crippen molar-refractivity contribution in [3.63, 3.8) is 0 Å². The number of amides is 2. The summed E-state index contributed by atoms with van der Waals surface area (Å²) in [6.45, 7) is 7.81. The Morgan fingerprint density at radius 1 is 0.818 bits per heavy atom. The van der Waals surface area contributed by atoms with Crippen LogP contribution in [0.3, 0.4) is 0 Å². The number of nitrogens with zero attached hydrogens (tertiary/aromatic N) is 1. The highest BCUT2D eigenvalue weighted by Gasteiger charge is 2.41. The van der Waals surface area contributed by atoms with Crippen molar-refractivity contribution in [1.29, 1.82) is 0 Å². The lowest BCUT2D eigenvalue weighted by Gasteiger charge is -2.19. The number of nitrogens with one attached hydrogen (secondary N) is 1. The maximum atomic E-state index is 13.8. The molecule has 0 unspecified atom stereocenters. The van der Waals surface area contributed by atoms with Gasteiger partial charge in [-0.3, -0.25) is 9.59 Å². The van der Waals surface area contributed by atoms with E-state index in [0.29, 0.717) is 33.3 Å². The minimum absolute atomic E-state index is 0.206. The van der Waals surface area contributed by atoms with Crippen molar-refractivity contribution >= 4 is 40.4 Å². The molecule has 0 radical (unpaired) electrons. The van der Waals surface area contributed by atoms with E-state index in [1.165, 1.54) is 12.0 Å². The number of carbonyl (C=O) groups excluding carboxylic acids is 2. The summed E-state index contributed by atoms with van der Waals surface area (Å²) in [5, 5.41) is 3.74. The number of aryl methyl sites for hydroxylation is 4. The molecule has 1 aliphatic heterocycles. The number of hydrogen-bond acceptors (Lipinski definition) is 4. The molecule has 3 aromatic carbocycles. The van der Waals surface area contributed by atoms with Crippen molar-refractivity contribution in [1.82, 2.24) is 0 Å². The molecule has 3 aromatic rings. The first-order valence-corrected chi connectivity index (χ1v) is 11.0. The third-order valence-corrected chi connectivity index (χ3v) is 6.15. The second-order valence-corrected chi connectivity index (χ2v) is 8.69. The van der Waals surface area contributed by atoms with Crippen LogP contribution in [0.4, 0.5) is 11.4 Å². The van der Waals surface area contributed by atoms with Crippen LogP contribution >= 0.6 is 11.6 Å². The first kappa shape index (κ1) is 22.6. The first-order valence-electron chi connectivity index (χ1n) is 10.6. The van der Waals surface area contributed by atoms with Crippen LogP contribution in [0.15, 0.2) is 60.3 Å². The summed E-state index contributed by atoms with van der Waals surface area (Å²) in [7, 11) is 1.52. The molecule has 33 heavy (non-hydrogen) atoms. The lowest BCUT2D eigenvalue weighted by Crippen LogP contribution is -2.32. The normalized spacial score (nSPS) is 13.7. The average molecular weight is 461 g/mol. The summed E-state index contributed by atoms with van der Waals surface area (Å²) in [6, 6.07) is 16.6. The van der Waals surface area contributed by atoms with Crippen LogP contribution in [0.25, 0.3) is 5.57 Å². The van der Waals surface area contributed by atoms with Gasteiger partial charge in [-0.1, -0.05) is 41.9 Å². The molecule has 5 nitrogen and oxygen atoms in total. The molecule has 0 aliphatic carbocycles. The van der Waals surface area contributed by atoms with E-state index in [9.17, 15) is 9.59 Å². The van der Waals surface area contributed by atoms with E-state index in [4.69, 9.17) is 16.3 Å². The third kappa shape index (κ3) is 4.12. The Balaban J connectivity index is 1.91. The van der Waals surface area contributed by atoms with Gasteiger partial charge in [0.15, 0.2) is 0 Å². The van der Waals surface area contributed by atoms with Gasteiger partial charge in [0.05, 0.1) is 18.4 Å². The number of hydrogen-bond donors (Lipinski definition) is 1. The Hall–Kier alpha value is -3.57. The van der Waals surface area contributed by atoms with Gasteiger partial charge in [-0.05, 0) is 79.8 Å². The first-order chi connectivity index (χ1) is 15.7. The number of halogens is 1. The second-order valence-electron chi connectivity index (χ2n) is 8.25. The van der Waals surface area contributed by atoms with E-state index in [-0.39, 0.29) is 5.70 Å². The zero-order chi connectivity index (χ0) is 23.9. The largest absolute Gasteiger partial charge is 0.495 e. The van der Waals surface area contributed by atoms with E-state index in [0.717, 1.165) is 22.3 Å². The molecular weight excluding hydrogens is 436 g/mol. The van der Waals surface area contributed by atoms with E-state index >= 15 is 0 Å². The molecule has 0 saturated carbocycles. The molecule has 0 aromatic heterocycles. The van der Waals surface area contributed by atoms with Gasteiger partial charge in [0, 0.05) is 10.7 Å². The summed E-state index contributed by atoms with van der Waals surface area (Å²) in [6.07, 6.45) is 0. The second kappa shape index (κ2) is 8.75. The molecule has 168 valence electrons. The van der Waals surface area contributed by atoms with Gasteiger partial charge in [0.25, 0.3) is 11.8 Å². The van der Waals surface area contributed by atoms with Crippen LogP contribution < -0.4 is 15.0 Å². The molecule has 6 heteroatoms. The predicted octanol–water partition coefficient (Wildman–Crippen LogP) is 5.98. The minimum atomic E-state index is -0.448. The Labute approximate surface area is 198 Å². The highest BCUT2D eigenvalue weighted by molar-refractivity contribution is 6.46. The Bertz CT molecular complexity index is 1330. The quantitative estimate of drug-likeness (QED) is 0.476. The number of imide groups is 1. The summed E-state index contributed by atoms with van der Waals surface area (Å²) in [5.74, 6) is -0.409. The Morgan fingerprint density at radius 2 is 1.55 bits per heavy atom. The smallest absolute Gasteiger partial charge is 0.282 e. The van der Waals surface area contributed by atoms with Crippen LogP contribution in [-0.2, 0) is 9.59 Å². The lowest BCUT2D eigenvalue weighted by molar-refractivity contribution is -0.120. The Kier molecular flexibility index (Phi) is 6.00. The molecule has 0 atom stereocenters. The van der Waals surface area contributed by atoms with Gasteiger partial charge in [0.2, 0.25) is 0 Å². The number of anilines is 2. The van der Waals surface area contributed by atoms with Crippen molar-refractivity contribution in [2.24, 2.45) is 0 Å². The van der Waals surface area contributed by atoms with Gasteiger partial charge >= 0.3 is 0 Å². The highest BCUT2D eigenvalue weighted by Crippen LogP contribution is 2.39. The van der Waals surface area contributed by atoms with Crippen molar-refractivity contribution in [2.75, 3.05) is 17.3 Å². The fourth-order valence-electron chi connectivity index (χ4n) is 3.87. The van der Waals surface area contributed by atoms with Crippen LogP contribution in [0.2, 0.25) is 5.02 Å². The molecule has 2 amide bonds. The SMILES string of the molecule is COc1ccc(C)cc1N1C(=O)C(Nc2cc(Cl)ccc2C)=C(c2ccc(C)c(C)c2)C1=O. The topological polar surface area (TPSA) is 58.6 Å². The highest BCUT2D eigenvalue weighted by atomic mass is 35.5. The average Bonchev–Trinajstić information content (AvgIpc) is 3.02. The van der Waals surface area contributed by atoms with E-state index < -0.39 is 11.8 Å². The van der Waals surface area contributed by atoms with Gasteiger partial charge in [-0.15, -0.1) is 0 Å². The third-order valence-electron chi connectivity index (χ3n) is 5.91. The monoisotopic (exact) mass is 460 g/mol. The van der Waals surface area contributed by atoms with Gasteiger partial charge in [-0.25, -0.2) is 4.90 Å². The molecule has 0 saturated heterocycles. The van der Waals surface area contributed by atoms with Crippen molar-refractivity contribution in [3.05, 3.63) is 93.1 Å². The van der Waals surface area contributed by atoms with Crippen LogP contribution in [0.1, 0.15) is 27.8 Å².